The van der Waals surface area contributed by atoms with E-state index < -0.39 is 12.1 Å². The predicted octanol–water partition coefficient (Wildman–Crippen LogP) is 6.44. The molecule has 2 unspecified atom stereocenters. The maximum Gasteiger partial charge on any atom is 0.327 e. The van der Waals surface area contributed by atoms with Crippen LogP contribution in [0.3, 0.4) is 0 Å². The van der Waals surface area contributed by atoms with Gasteiger partial charge in [-0.15, -0.1) is 0 Å². The van der Waals surface area contributed by atoms with Gasteiger partial charge in [0.25, 0.3) is 11.1 Å². The van der Waals surface area contributed by atoms with E-state index in [4.69, 9.17) is 28.9 Å². The average Bonchev–Trinajstić information content (AvgIpc) is 3.42. The minimum absolute atomic E-state index is 0.0412. The van der Waals surface area contributed by atoms with Crippen LogP contribution in [0.2, 0.25) is 0 Å². The zero-order chi connectivity index (χ0) is 51.8. The van der Waals surface area contributed by atoms with E-state index in [2.05, 4.69) is 38.6 Å². The molecule has 4 heterocycles. The monoisotopic (exact) mass is 990 g/mol. The highest BCUT2D eigenvalue weighted by atomic mass is 16.5. The number of fused-ring (bicyclic) bond motifs is 2. The summed E-state index contributed by atoms with van der Waals surface area (Å²) >= 11 is 0. The molecule has 0 bridgehead atoms. The summed E-state index contributed by atoms with van der Waals surface area (Å²) in [5.74, 6) is 3.44. The van der Waals surface area contributed by atoms with Crippen molar-refractivity contribution in [1.82, 2.24) is 29.1 Å². The topological polar surface area (TPSA) is 188 Å². The third-order valence-electron chi connectivity index (χ3n) is 13.1. The van der Waals surface area contributed by atoms with Gasteiger partial charge in [-0.25, -0.2) is 24.1 Å². The summed E-state index contributed by atoms with van der Waals surface area (Å²) in [7, 11) is 10.5. The van der Waals surface area contributed by atoms with Gasteiger partial charge in [0.1, 0.15) is 23.0 Å². The van der Waals surface area contributed by atoms with Crippen molar-refractivity contribution in [2.24, 2.45) is 0 Å². The Kier molecular flexibility index (Phi) is 16.0. The number of ether oxygens (including phenoxy) is 4. The van der Waals surface area contributed by atoms with Gasteiger partial charge in [0, 0.05) is 70.2 Å². The third-order valence-corrected chi connectivity index (χ3v) is 13.1. The van der Waals surface area contributed by atoms with Crippen molar-refractivity contribution in [3.05, 3.63) is 147 Å². The van der Waals surface area contributed by atoms with Gasteiger partial charge in [-0.05, 0) is 101 Å². The molecule has 7 aromatic rings. The van der Waals surface area contributed by atoms with Crippen molar-refractivity contribution >= 4 is 44.9 Å². The van der Waals surface area contributed by atoms with Crippen LogP contribution in [0.1, 0.15) is 43.1 Å². The molecule has 0 aliphatic carbocycles. The van der Waals surface area contributed by atoms with Gasteiger partial charge in [-0.1, -0.05) is 24.3 Å². The van der Waals surface area contributed by atoms with Crippen LogP contribution >= 0.6 is 0 Å². The molecule has 19 nitrogen and oxygen atoms in total. The summed E-state index contributed by atoms with van der Waals surface area (Å²) in [5.41, 5.74) is 3.26. The predicted molar refractivity (Wildman–Crippen MR) is 285 cm³/mol. The first kappa shape index (κ1) is 51.0. The number of hydrogen-bond acceptors (Lipinski definition) is 15. The normalized spacial score (nSPS) is 14.8. The average molecular weight is 991 g/mol. The Morgan fingerprint density at radius 3 is 1.64 bits per heavy atom. The van der Waals surface area contributed by atoms with Crippen molar-refractivity contribution in [3.8, 4) is 29.1 Å². The van der Waals surface area contributed by atoms with Crippen molar-refractivity contribution in [3.63, 3.8) is 0 Å². The second kappa shape index (κ2) is 22.8. The number of nitrogens with zero attached hydrogens (tertiary/aromatic N) is 10. The molecule has 0 spiro atoms. The lowest BCUT2D eigenvalue weighted by molar-refractivity contribution is 0.253. The van der Waals surface area contributed by atoms with Crippen molar-refractivity contribution in [2.45, 2.75) is 25.9 Å². The molecule has 2 fully saturated rings. The van der Waals surface area contributed by atoms with Crippen LogP contribution in [0.25, 0.3) is 21.8 Å². The van der Waals surface area contributed by atoms with Crippen LogP contribution in [-0.4, -0.2) is 130 Å². The number of nitriles is 1. The van der Waals surface area contributed by atoms with Crippen molar-refractivity contribution in [2.75, 3.05) is 120 Å². The SMILES string of the molecule is COc1ccc(N(C(=O)Nc2ccc(C#N)cc2)C(C)c2nc3ccccc3c(=O)n2N2CCN(C)CC2)c(OC)c1.COc1ccc(NC(C)c2nc3ccccc3c(=O)n2N2CCN(C)CC2)c(OC)c1. The first-order valence-corrected chi connectivity index (χ1v) is 24.1. The molecule has 2 aromatic heterocycles. The fourth-order valence-electron chi connectivity index (χ4n) is 8.99. The number of urea groups is 1. The summed E-state index contributed by atoms with van der Waals surface area (Å²) < 4.78 is 25.3. The molecule has 0 radical (unpaired) electrons. The standard InChI is InChI=1S/C31H33N7O4.C23H29N5O3/c1-21(29-34-26-8-6-5-7-25(26)30(39)38(29)36-17-15-35(2)16-18-36)37(27-14-13-24(41-3)19-28(27)42-4)31(40)33-23-11-9-22(20-32)10-12-23;1-16(24-20-10-9-17(30-3)15-21(20)31-4)22-25-19-8-6-5-7-18(19)23(29)28(22)27-13-11-26(2)12-14-27/h5-14,19,21H,15-18H2,1-4H3,(H,33,40);5-10,15-16,24H,11-14H2,1-4H3. The van der Waals surface area contributed by atoms with Crippen LogP contribution < -0.4 is 55.6 Å². The fourth-order valence-corrected chi connectivity index (χ4v) is 8.99. The summed E-state index contributed by atoms with van der Waals surface area (Å²) in [4.78, 5) is 57.5. The highest BCUT2D eigenvalue weighted by molar-refractivity contribution is 6.03. The quantitative estimate of drug-likeness (QED) is 0.128. The number of anilines is 3. The van der Waals surface area contributed by atoms with E-state index in [1.54, 1.807) is 85.3 Å². The smallest absolute Gasteiger partial charge is 0.327 e. The molecule has 5 aromatic carbocycles. The molecule has 2 atom stereocenters. The Labute approximate surface area is 424 Å². The summed E-state index contributed by atoms with van der Waals surface area (Å²) in [6, 6.07) is 32.8. The second-order valence-electron chi connectivity index (χ2n) is 17.9. The molecule has 2 saturated heterocycles. The Morgan fingerprint density at radius 1 is 0.630 bits per heavy atom. The number of para-hydroxylation sites is 2. The van der Waals surface area contributed by atoms with Gasteiger partial charge >= 0.3 is 6.03 Å². The largest absolute Gasteiger partial charge is 0.497 e. The Hall–Kier alpha value is -8.34. The summed E-state index contributed by atoms with van der Waals surface area (Å²) in [5, 5.41) is 20.8. The first-order chi connectivity index (χ1) is 35.3. The highest BCUT2D eigenvalue weighted by Crippen LogP contribution is 2.38. The number of carbonyl (C=O) groups excluding carboxylic acids is 1. The number of likely N-dealkylation sites (N-methyl/N-ethyl adjacent to an activating group) is 2. The first-order valence-electron chi connectivity index (χ1n) is 24.1. The molecule has 2 aliphatic rings. The van der Waals surface area contributed by atoms with Crippen LogP contribution in [0.5, 0.6) is 23.0 Å². The van der Waals surface area contributed by atoms with Gasteiger partial charge in [0.2, 0.25) is 0 Å². The third kappa shape index (κ3) is 11.1. The minimum Gasteiger partial charge on any atom is -0.497 e. The molecule has 2 aliphatic heterocycles. The number of aromatic nitrogens is 4. The molecule has 380 valence electrons. The lowest BCUT2D eigenvalue weighted by Crippen LogP contribution is -2.55. The van der Waals surface area contributed by atoms with E-state index in [9.17, 15) is 19.6 Å². The van der Waals surface area contributed by atoms with Crippen molar-refractivity contribution < 1.29 is 23.7 Å². The molecular weight excluding hydrogens is 929 g/mol. The molecule has 0 saturated carbocycles. The zero-order valence-electron chi connectivity index (χ0n) is 42.5. The van der Waals surface area contributed by atoms with Gasteiger partial charge in [-0.2, -0.15) is 5.26 Å². The Morgan fingerprint density at radius 2 is 1.12 bits per heavy atom. The second-order valence-corrected chi connectivity index (χ2v) is 17.9. The number of rotatable bonds is 13. The number of hydrogen-bond donors (Lipinski definition) is 2. The minimum atomic E-state index is -0.720. The molecule has 19 heteroatoms. The summed E-state index contributed by atoms with van der Waals surface area (Å²) in [6.45, 7) is 9.98. The van der Waals surface area contributed by atoms with Crippen molar-refractivity contribution in [1.29, 1.82) is 5.26 Å². The number of piperazine rings is 2. The van der Waals surface area contributed by atoms with Gasteiger partial charge in [0.05, 0.1) is 85.3 Å². The van der Waals surface area contributed by atoms with E-state index in [1.165, 1.54) is 12.0 Å². The zero-order valence-corrected chi connectivity index (χ0v) is 42.5. The summed E-state index contributed by atoms with van der Waals surface area (Å²) in [6.07, 6.45) is 0. The van der Waals surface area contributed by atoms with E-state index >= 15 is 0 Å². The van der Waals surface area contributed by atoms with Gasteiger partial charge in [-0.3, -0.25) is 14.5 Å². The maximum absolute atomic E-state index is 14.1. The van der Waals surface area contributed by atoms with Gasteiger partial charge in [0.15, 0.2) is 11.6 Å². The number of benzene rings is 5. The van der Waals surface area contributed by atoms with E-state index in [1.807, 2.05) is 80.5 Å². The highest BCUT2D eigenvalue weighted by Gasteiger charge is 2.33. The number of methoxy groups -OCH3 is 4. The Bertz CT molecular complexity index is 3230. The van der Waals surface area contributed by atoms with E-state index in [0.717, 1.165) is 45.0 Å². The van der Waals surface area contributed by atoms with E-state index in [-0.39, 0.29) is 17.2 Å². The fraction of sp³-hybridized carbons (Fsp3) is 0.333. The van der Waals surface area contributed by atoms with E-state index in [0.29, 0.717) is 86.5 Å². The van der Waals surface area contributed by atoms with Gasteiger partial charge < -0.3 is 49.4 Å². The maximum atomic E-state index is 14.1. The lowest BCUT2D eigenvalue weighted by atomic mass is 10.1. The number of amides is 2. The number of nitrogens with one attached hydrogen (secondary N) is 2. The lowest BCUT2D eigenvalue weighted by Gasteiger charge is -2.38. The Balaban J connectivity index is 0.000000204. The van der Waals surface area contributed by atoms with Crippen LogP contribution in [0, 0.1) is 11.3 Å². The molecule has 2 amide bonds. The molecule has 9 rings (SSSR count). The van der Waals surface area contributed by atoms with Crippen LogP contribution in [-0.2, 0) is 0 Å². The molecule has 73 heavy (non-hydrogen) atoms. The molecular formula is C54H62N12O7. The van der Waals surface area contributed by atoms with Crippen LogP contribution in [0.15, 0.2) is 119 Å². The van der Waals surface area contributed by atoms with Crippen LogP contribution in [0.4, 0.5) is 21.9 Å². The molecule has 2 N–H and O–H groups in total. The number of carbonyl (C=O) groups is 1.